The van der Waals surface area contributed by atoms with Crippen LogP contribution in [-0.2, 0) is 11.8 Å². The molecule has 1 amide bonds. The summed E-state index contributed by atoms with van der Waals surface area (Å²) in [5.41, 5.74) is 3.36. The molecule has 2 fully saturated rings. The van der Waals surface area contributed by atoms with Crippen molar-refractivity contribution in [2.45, 2.75) is 31.0 Å². The Morgan fingerprint density at radius 1 is 1.16 bits per heavy atom. The minimum Gasteiger partial charge on any atom is -0.475 e. The molecule has 0 radical (unpaired) electrons. The number of hydrogen-bond acceptors (Lipinski definition) is 4. The number of aliphatic carboxylic acids is 1. The summed E-state index contributed by atoms with van der Waals surface area (Å²) in [4.78, 5) is 24.3. The maximum absolute atomic E-state index is 12.8. The number of nitrogens with zero attached hydrogens (tertiary/aromatic N) is 3. The number of likely N-dealkylation sites (tertiary alicyclic amines) is 1. The van der Waals surface area contributed by atoms with Crippen LogP contribution in [0.1, 0.15) is 46.4 Å². The molecule has 7 nitrogen and oxygen atoms in total. The second kappa shape index (κ2) is 8.57. The first-order valence-electron chi connectivity index (χ1n) is 10.5. The Bertz CT molecular complexity index is 1000. The highest BCUT2D eigenvalue weighted by Gasteiger charge is 2.47. The van der Waals surface area contributed by atoms with Crippen molar-refractivity contribution in [2.75, 3.05) is 19.6 Å². The van der Waals surface area contributed by atoms with Crippen molar-refractivity contribution in [1.82, 2.24) is 20.0 Å². The van der Waals surface area contributed by atoms with E-state index in [1.165, 1.54) is 30.5 Å². The summed E-state index contributed by atoms with van der Waals surface area (Å²) in [6.45, 7) is 3.46. The molecule has 5 rings (SSSR count). The maximum atomic E-state index is 12.8. The molecular formula is C22H25F3N4O3. The number of aryl methyl sites for hydroxylation is 1. The van der Waals surface area contributed by atoms with E-state index in [1.54, 1.807) is 16.9 Å². The molecule has 0 bridgehead atoms. The molecule has 1 aromatic carbocycles. The van der Waals surface area contributed by atoms with E-state index in [0.717, 1.165) is 19.0 Å². The highest BCUT2D eigenvalue weighted by Crippen LogP contribution is 2.49. The summed E-state index contributed by atoms with van der Waals surface area (Å²) in [5.74, 6) is -0.842. The summed E-state index contributed by atoms with van der Waals surface area (Å²) in [6.07, 6.45) is -0.626. The van der Waals surface area contributed by atoms with Gasteiger partial charge in [-0.3, -0.25) is 9.48 Å². The Balaban J connectivity index is 0.000000307. The predicted octanol–water partition coefficient (Wildman–Crippen LogP) is 2.96. The molecule has 10 heteroatoms. The van der Waals surface area contributed by atoms with Gasteiger partial charge in [0, 0.05) is 44.7 Å². The summed E-state index contributed by atoms with van der Waals surface area (Å²) < 4.78 is 33.4. The summed E-state index contributed by atoms with van der Waals surface area (Å²) in [6, 6.07) is 10.5. The van der Waals surface area contributed by atoms with Gasteiger partial charge in [-0.05, 0) is 36.0 Å². The van der Waals surface area contributed by atoms with Crippen molar-refractivity contribution in [1.29, 1.82) is 0 Å². The van der Waals surface area contributed by atoms with Crippen molar-refractivity contribution < 1.29 is 27.9 Å². The third-order valence-corrected chi connectivity index (χ3v) is 6.40. The van der Waals surface area contributed by atoms with Crippen LogP contribution in [-0.4, -0.2) is 57.5 Å². The number of amides is 1. The molecule has 0 unspecified atom stereocenters. The number of carbonyl (C=O) groups excluding carboxylic acids is 1. The predicted molar refractivity (Wildman–Crippen MR) is 109 cm³/mol. The number of aromatic nitrogens is 2. The average molecular weight is 450 g/mol. The van der Waals surface area contributed by atoms with Crippen LogP contribution < -0.4 is 5.32 Å². The van der Waals surface area contributed by atoms with E-state index < -0.39 is 12.1 Å². The Labute approximate surface area is 183 Å². The molecule has 32 heavy (non-hydrogen) atoms. The Morgan fingerprint density at radius 2 is 1.81 bits per heavy atom. The van der Waals surface area contributed by atoms with Crippen LogP contribution in [0.4, 0.5) is 13.2 Å². The smallest absolute Gasteiger partial charge is 0.475 e. The number of hydrogen-bond donors (Lipinski definition) is 2. The van der Waals surface area contributed by atoms with Gasteiger partial charge in [0.2, 0.25) is 0 Å². The Hall–Kier alpha value is -2.88. The van der Waals surface area contributed by atoms with Crippen molar-refractivity contribution in [2.24, 2.45) is 18.9 Å². The number of halogens is 3. The summed E-state index contributed by atoms with van der Waals surface area (Å²) in [5, 5.41) is 14.6. The van der Waals surface area contributed by atoms with Crippen molar-refractivity contribution in [3.8, 4) is 0 Å². The summed E-state index contributed by atoms with van der Waals surface area (Å²) in [7, 11) is 1.81. The molecule has 1 aromatic heterocycles. The SMILES string of the molecule is Cn1nccc1C(=O)N[C@@H]1c2ccccc2[C@@H]2CN(CC3CC3)C[C@H]12.O=C(O)C(F)(F)F. The van der Waals surface area contributed by atoms with Crippen LogP contribution >= 0.6 is 0 Å². The van der Waals surface area contributed by atoms with Crippen LogP contribution in [0.2, 0.25) is 0 Å². The van der Waals surface area contributed by atoms with Gasteiger partial charge in [0.1, 0.15) is 5.69 Å². The monoisotopic (exact) mass is 450 g/mol. The first-order chi connectivity index (χ1) is 15.1. The van der Waals surface area contributed by atoms with Crippen molar-refractivity contribution in [3.63, 3.8) is 0 Å². The molecule has 1 saturated carbocycles. The van der Waals surface area contributed by atoms with Crippen molar-refractivity contribution >= 4 is 11.9 Å². The van der Waals surface area contributed by atoms with E-state index in [4.69, 9.17) is 9.90 Å². The van der Waals surface area contributed by atoms with E-state index in [0.29, 0.717) is 17.5 Å². The average Bonchev–Trinajstić information content (AvgIpc) is 3.16. The van der Waals surface area contributed by atoms with E-state index in [1.807, 2.05) is 7.05 Å². The Morgan fingerprint density at radius 3 is 2.38 bits per heavy atom. The molecule has 2 aromatic rings. The minimum atomic E-state index is -5.08. The molecule has 2 heterocycles. The number of carboxylic acids is 1. The van der Waals surface area contributed by atoms with E-state index in [-0.39, 0.29) is 11.9 Å². The zero-order chi connectivity index (χ0) is 23.0. The van der Waals surface area contributed by atoms with Crippen LogP contribution in [0.3, 0.4) is 0 Å². The largest absolute Gasteiger partial charge is 0.490 e. The third-order valence-electron chi connectivity index (χ3n) is 6.40. The number of rotatable bonds is 4. The van der Waals surface area contributed by atoms with Gasteiger partial charge in [-0.2, -0.15) is 18.3 Å². The van der Waals surface area contributed by atoms with Gasteiger partial charge in [-0.1, -0.05) is 24.3 Å². The maximum Gasteiger partial charge on any atom is 0.490 e. The lowest BCUT2D eigenvalue weighted by molar-refractivity contribution is -0.192. The topological polar surface area (TPSA) is 87.5 Å². The molecule has 172 valence electrons. The lowest BCUT2D eigenvalue weighted by Gasteiger charge is -2.23. The number of nitrogens with one attached hydrogen (secondary N) is 1. The second-order valence-electron chi connectivity index (χ2n) is 8.66. The van der Waals surface area contributed by atoms with Crippen LogP contribution in [0, 0.1) is 11.8 Å². The number of fused-ring (bicyclic) bond motifs is 3. The normalized spacial score (nSPS) is 24.3. The lowest BCUT2D eigenvalue weighted by Crippen LogP contribution is -2.34. The second-order valence-corrected chi connectivity index (χ2v) is 8.66. The van der Waals surface area contributed by atoms with E-state index >= 15 is 0 Å². The zero-order valence-electron chi connectivity index (χ0n) is 17.5. The molecule has 1 saturated heterocycles. The van der Waals surface area contributed by atoms with Crippen LogP contribution in [0.5, 0.6) is 0 Å². The molecule has 0 spiro atoms. The number of benzene rings is 1. The molecule has 3 aliphatic rings. The molecule has 1 aliphatic heterocycles. The highest BCUT2D eigenvalue weighted by atomic mass is 19.4. The minimum absolute atomic E-state index is 0.0268. The molecular weight excluding hydrogens is 425 g/mol. The fraction of sp³-hybridized carbons (Fsp3) is 0.500. The van der Waals surface area contributed by atoms with E-state index in [2.05, 4.69) is 39.6 Å². The van der Waals surface area contributed by atoms with E-state index in [9.17, 15) is 18.0 Å². The van der Waals surface area contributed by atoms with Crippen molar-refractivity contribution in [3.05, 3.63) is 53.3 Å². The molecule has 2 N–H and O–H groups in total. The van der Waals surface area contributed by atoms with Crippen LogP contribution in [0.25, 0.3) is 0 Å². The van der Waals surface area contributed by atoms with Gasteiger partial charge < -0.3 is 15.3 Å². The number of alkyl halides is 3. The van der Waals surface area contributed by atoms with Gasteiger partial charge in [-0.25, -0.2) is 4.79 Å². The number of carboxylic acid groups (broad SMARTS) is 1. The molecule has 2 aliphatic carbocycles. The van der Waals surface area contributed by atoms with Gasteiger partial charge >= 0.3 is 12.1 Å². The van der Waals surface area contributed by atoms with Gasteiger partial charge in [0.05, 0.1) is 6.04 Å². The fourth-order valence-corrected chi connectivity index (χ4v) is 4.75. The lowest BCUT2D eigenvalue weighted by atomic mass is 9.94. The summed E-state index contributed by atoms with van der Waals surface area (Å²) >= 11 is 0. The zero-order valence-corrected chi connectivity index (χ0v) is 17.5. The molecule has 3 atom stereocenters. The first-order valence-corrected chi connectivity index (χ1v) is 10.5. The van der Waals surface area contributed by atoms with Gasteiger partial charge in [-0.15, -0.1) is 0 Å². The van der Waals surface area contributed by atoms with Gasteiger partial charge in [0.15, 0.2) is 0 Å². The quantitative estimate of drug-likeness (QED) is 0.748. The third kappa shape index (κ3) is 4.64. The van der Waals surface area contributed by atoms with Crippen LogP contribution in [0.15, 0.2) is 36.5 Å². The highest BCUT2D eigenvalue weighted by molar-refractivity contribution is 5.92. The standard InChI is InChI=1S/C20H24N4O.C2HF3O2/c1-23-18(8-9-21-23)20(25)22-19-15-5-3-2-4-14(15)16-11-24(12-17(16)19)10-13-6-7-13;3-2(4,5)1(6)7/h2-5,8-9,13,16-17,19H,6-7,10-12H2,1H3,(H,22,25);(H,6,7)/t16-,17-,19+;/m0./s1. The fourth-order valence-electron chi connectivity index (χ4n) is 4.75. The number of carbonyl (C=O) groups is 2. The first kappa shape index (κ1) is 22.3. The Kier molecular flexibility index (Phi) is 5.98. The van der Waals surface area contributed by atoms with Gasteiger partial charge in [0.25, 0.3) is 5.91 Å².